The zero-order valence-corrected chi connectivity index (χ0v) is 23.6. The summed E-state index contributed by atoms with van der Waals surface area (Å²) in [5.74, 6) is 3.60. The Morgan fingerprint density at radius 2 is 1.00 bits per heavy atom. The first-order chi connectivity index (χ1) is 18.9. The first kappa shape index (κ1) is 28.6. The van der Waals surface area contributed by atoms with Gasteiger partial charge in [0.1, 0.15) is 23.0 Å². The smallest absolute Gasteiger partial charge is 0.255 e. The number of hydrogen-bond donors (Lipinski definition) is 2. The molecule has 8 heteroatoms. The Balaban J connectivity index is 1.18. The van der Waals surface area contributed by atoms with Gasteiger partial charge in [-0.2, -0.15) is 0 Å². The number of benzene rings is 2. The summed E-state index contributed by atoms with van der Waals surface area (Å²) in [5.41, 5.74) is 1.07. The molecule has 8 nitrogen and oxygen atoms in total. The Hall–Kier alpha value is -3.42. The fraction of sp³-hybridized carbons (Fsp3) is 0.548. The molecule has 0 radical (unpaired) electrons. The summed E-state index contributed by atoms with van der Waals surface area (Å²) >= 11 is 0. The lowest BCUT2D eigenvalue weighted by atomic mass is 9.75. The molecule has 2 aliphatic carbocycles. The van der Waals surface area contributed by atoms with E-state index in [-0.39, 0.29) is 23.9 Å². The van der Waals surface area contributed by atoms with Crippen molar-refractivity contribution in [3.05, 3.63) is 47.5 Å². The first-order valence-corrected chi connectivity index (χ1v) is 14.0. The van der Waals surface area contributed by atoms with Gasteiger partial charge in [0.25, 0.3) is 11.8 Å². The second-order valence-electron chi connectivity index (χ2n) is 10.8. The molecule has 0 aromatic heterocycles. The lowest BCUT2D eigenvalue weighted by molar-refractivity contribution is 0.0915. The van der Waals surface area contributed by atoms with Gasteiger partial charge in [-0.05, 0) is 93.9 Å². The fourth-order valence-electron chi connectivity index (χ4n) is 6.05. The van der Waals surface area contributed by atoms with E-state index in [1.165, 1.54) is 6.42 Å². The van der Waals surface area contributed by atoms with E-state index in [9.17, 15) is 9.59 Å². The third-order valence-corrected chi connectivity index (χ3v) is 8.34. The topological polar surface area (TPSA) is 95.1 Å². The molecule has 2 saturated carbocycles. The van der Waals surface area contributed by atoms with Crippen LogP contribution in [0.15, 0.2) is 36.4 Å². The first-order valence-electron chi connectivity index (χ1n) is 14.0. The van der Waals surface area contributed by atoms with Gasteiger partial charge in [-0.1, -0.05) is 0 Å². The third kappa shape index (κ3) is 7.37. The average molecular weight is 539 g/mol. The highest BCUT2D eigenvalue weighted by Gasteiger charge is 2.29. The summed E-state index contributed by atoms with van der Waals surface area (Å²) in [6.45, 7) is 0. The van der Waals surface area contributed by atoms with Gasteiger partial charge in [-0.25, -0.2) is 0 Å². The largest absolute Gasteiger partial charge is 0.497 e. The standard InChI is InChI=1S/C31H42N2O6/c1-36-24-13-15-26(28(18-24)38-3)30(34)32-22-9-5-20(6-10-22)17-21-7-11-23(12-8-21)33-31(35)27-16-14-25(37-2)19-29(27)39-4/h13-16,18-23H,5-12,17H2,1-4H3,(H,32,34)(H,33,35). The molecule has 0 spiro atoms. The Kier molecular flexibility index (Phi) is 9.96. The molecule has 0 saturated heterocycles. The second-order valence-corrected chi connectivity index (χ2v) is 10.8. The lowest BCUT2D eigenvalue weighted by Gasteiger charge is -2.34. The maximum atomic E-state index is 12.9. The molecule has 2 amide bonds. The van der Waals surface area contributed by atoms with Crippen LogP contribution in [0.1, 0.15) is 78.5 Å². The summed E-state index contributed by atoms with van der Waals surface area (Å²) in [6.07, 6.45) is 9.80. The highest BCUT2D eigenvalue weighted by atomic mass is 16.5. The SMILES string of the molecule is COc1ccc(C(=O)NC2CCC(CC3CCC(NC(=O)c4ccc(OC)cc4OC)CC3)CC2)c(OC)c1. The minimum absolute atomic E-state index is 0.0921. The summed E-state index contributed by atoms with van der Waals surface area (Å²) in [4.78, 5) is 25.8. The minimum atomic E-state index is -0.0921. The maximum Gasteiger partial charge on any atom is 0.255 e. The molecule has 2 N–H and O–H groups in total. The van der Waals surface area contributed by atoms with Crippen LogP contribution in [0.3, 0.4) is 0 Å². The van der Waals surface area contributed by atoms with Gasteiger partial charge in [-0.3, -0.25) is 9.59 Å². The van der Waals surface area contributed by atoms with Crippen molar-refractivity contribution in [1.29, 1.82) is 0 Å². The molecule has 0 aliphatic heterocycles. The third-order valence-electron chi connectivity index (χ3n) is 8.34. The van der Waals surface area contributed by atoms with E-state index in [0.717, 1.165) is 51.4 Å². The monoisotopic (exact) mass is 538 g/mol. The van der Waals surface area contributed by atoms with Crippen molar-refractivity contribution < 1.29 is 28.5 Å². The highest BCUT2D eigenvalue weighted by molar-refractivity contribution is 5.98. The maximum absolute atomic E-state index is 12.9. The van der Waals surface area contributed by atoms with Gasteiger partial charge < -0.3 is 29.6 Å². The van der Waals surface area contributed by atoms with Gasteiger partial charge in [0, 0.05) is 24.2 Å². The van der Waals surface area contributed by atoms with E-state index < -0.39 is 0 Å². The van der Waals surface area contributed by atoms with E-state index in [1.807, 2.05) is 0 Å². The van der Waals surface area contributed by atoms with Crippen LogP contribution < -0.4 is 29.6 Å². The summed E-state index contributed by atoms with van der Waals surface area (Å²) in [7, 11) is 6.32. The van der Waals surface area contributed by atoms with Crippen LogP contribution >= 0.6 is 0 Å². The molecular formula is C31H42N2O6. The Morgan fingerprint density at radius 1 is 0.615 bits per heavy atom. The molecule has 0 heterocycles. The van der Waals surface area contributed by atoms with Crippen LogP contribution in [0, 0.1) is 11.8 Å². The lowest BCUT2D eigenvalue weighted by Crippen LogP contribution is -2.39. The molecule has 212 valence electrons. The number of hydrogen-bond acceptors (Lipinski definition) is 6. The molecule has 0 bridgehead atoms. The molecule has 4 rings (SSSR count). The van der Waals surface area contributed by atoms with Crippen molar-refractivity contribution >= 4 is 11.8 Å². The number of rotatable bonds is 10. The van der Waals surface area contributed by atoms with Crippen LogP contribution in [-0.2, 0) is 0 Å². The van der Waals surface area contributed by atoms with E-state index in [4.69, 9.17) is 18.9 Å². The molecule has 2 aromatic rings. The van der Waals surface area contributed by atoms with Crippen molar-refractivity contribution in [3.63, 3.8) is 0 Å². The summed E-state index contributed by atoms with van der Waals surface area (Å²) < 4.78 is 21.3. The van der Waals surface area contributed by atoms with Crippen LogP contribution in [0.2, 0.25) is 0 Å². The zero-order chi connectivity index (χ0) is 27.8. The number of carbonyl (C=O) groups is 2. The number of nitrogens with one attached hydrogen (secondary N) is 2. The summed E-state index contributed by atoms with van der Waals surface area (Å²) in [6, 6.07) is 10.9. The average Bonchev–Trinajstić information content (AvgIpc) is 2.98. The van der Waals surface area contributed by atoms with E-state index in [1.54, 1.807) is 64.8 Å². The molecule has 2 aliphatic rings. The predicted molar refractivity (Wildman–Crippen MR) is 150 cm³/mol. The Bertz CT molecular complexity index is 1030. The fourth-order valence-corrected chi connectivity index (χ4v) is 6.05. The summed E-state index contributed by atoms with van der Waals surface area (Å²) in [5, 5.41) is 6.42. The normalized spacial score (nSPS) is 22.9. The number of ether oxygens (including phenoxy) is 4. The van der Waals surface area contributed by atoms with Crippen LogP contribution in [0.4, 0.5) is 0 Å². The molecule has 39 heavy (non-hydrogen) atoms. The zero-order valence-electron chi connectivity index (χ0n) is 23.6. The minimum Gasteiger partial charge on any atom is -0.497 e. The molecule has 0 unspecified atom stereocenters. The van der Waals surface area contributed by atoms with E-state index >= 15 is 0 Å². The van der Waals surface area contributed by atoms with Gasteiger partial charge in [0.15, 0.2) is 0 Å². The number of methoxy groups -OCH3 is 4. The van der Waals surface area contributed by atoms with Crippen molar-refractivity contribution in [3.8, 4) is 23.0 Å². The van der Waals surface area contributed by atoms with Gasteiger partial charge in [0.05, 0.1) is 39.6 Å². The van der Waals surface area contributed by atoms with E-state index in [2.05, 4.69) is 10.6 Å². The van der Waals surface area contributed by atoms with Crippen LogP contribution in [-0.4, -0.2) is 52.3 Å². The van der Waals surface area contributed by atoms with Gasteiger partial charge in [0.2, 0.25) is 0 Å². The molecule has 2 aromatic carbocycles. The number of carbonyl (C=O) groups excluding carboxylic acids is 2. The predicted octanol–water partition coefficient (Wildman–Crippen LogP) is 5.39. The Labute approximate surface area is 231 Å². The van der Waals surface area contributed by atoms with Gasteiger partial charge >= 0.3 is 0 Å². The highest BCUT2D eigenvalue weighted by Crippen LogP contribution is 2.36. The van der Waals surface area contributed by atoms with Crippen molar-refractivity contribution in [2.75, 3.05) is 28.4 Å². The van der Waals surface area contributed by atoms with Crippen LogP contribution in [0.5, 0.6) is 23.0 Å². The van der Waals surface area contributed by atoms with E-state index in [0.29, 0.717) is 46.0 Å². The Morgan fingerprint density at radius 3 is 1.33 bits per heavy atom. The van der Waals surface area contributed by atoms with Crippen molar-refractivity contribution in [2.45, 2.75) is 69.9 Å². The quantitative estimate of drug-likeness (QED) is 0.421. The molecule has 0 atom stereocenters. The van der Waals surface area contributed by atoms with Crippen LogP contribution in [0.25, 0.3) is 0 Å². The van der Waals surface area contributed by atoms with Crippen molar-refractivity contribution in [2.24, 2.45) is 11.8 Å². The van der Waals surface area contributed by atoms with Crippen molar-refractivity contribution in [1.82, 2.24) is 10.6 Å². The van der Waals surface area contributed by atoms with Gasteiger partial charge in [-0.15, -0.1) is 0 Å². The second kappa shape index (κ2) is 13.6. The number of amides is 2. The molecule has 2 fully saturated rings. The molecular weight excluding hydrogens is 496 g/mol.